The quantitative estimate of drug-likeness (QED) is 0.0261. The van der Waals surface area contributed by atoms with Gasteiger partial charge in [-0.3, -0.25) is 14.4 Å². The Morgan fingerprint density at radius 1 is 0.301 bits per heavy atom. The Kier molecular flexibility index (Phi) is 56.0. The van der Waals surface area contributed by atoms with Crippen LogP contribution in [0.5, 0.6) is 0 Å². The molecule has 0 radical (unpaired) electrons. The lowest BCUT2D eigenvalue weighted by molar-refractivity contribution is -0.166. The number of ether oxygens (including phenoxy) is 3. The van der Waals surface area contributed by atoms with Gasteiger partial charge in [-0.05, 0) is 122 Å². The molecule has 0 aliphatic rings. The Morgan fingerprint density at radius 2 is 0.589 bits per heavy atom. The summed E-state index contributed by atoms with van der Waals surface area (Å²) in [6.07, 6.45) is 85.7. The van der Waals surface area contributed by atoms with Crippen molar-refractivity contribution in [3.8, 4) is 0 Å². The number of unbranched alkanes of at least 4 members (excludes halogenated alkanes) is 17. The highest BCUT2D eigenvalue weighted by molar-refractivity contribution is 5.72. The van der Waals surface area contributed by atoms with Crippen LogP contribution < -0.4 is 0 Å². The van der Waals surface area contributed by atoms with E-state index in [0.717, 1.165) is 128 Å². The monoisotopic (exact) mass is 1010 g/mol. The van der Waals surface area contributed by atoms with Gasteiger partial charge in [0.25, 0.3) is 0 Å². The third-order valence-corrected chi connectivity index (χ3v) is 11.8. The number of hydrogen-bond acceptors (Lipinski definition) is 6. The highest BCUT2D eigenvalue weighted by Crippen LogP contribution is 2.14. The minimum Gasteiger partial charge on any atom is -0.462 e. The lowest BCUT2D eigenvalue weighted by atomic mass is 10.1. The lowest BCUT2D eigenvalue weighted by Crippen LogP contribution is -2.30. The molecule has 0 saturated heterocycles. The molecule has 410 valence electrons. The Balaban J connectivity index is 4.54. The van der Waals surface area contributed by atoms with Crippen LogP contribution in [0, 0.1) is 0 Å². The van der Waals surface area contributed by atoms with Gasteiger partial charge in [0, 0.05) is 12.8 Å². The van der Waals surface area contributed by atoms with Gasteiger partial charge in [0.2, 0.25) is 0 Å². The van der Waals surface area contributed by atoms with Crippen molar-refractivity contribution in [2.45, 2.75) is 245 Å². The number of esters is 3. The second kappa shape index (κ2) is 59.8. The van der Waals surface area contributed by atoms with Crippen LogP contribution in [-0.2, 0) is 28.6 Å². The lowest BCUT2D eigenvalue weighted by Gasteiger charge is -2.18. The zero-order valence-corrected chi connectivity index (χ0v) is 46.8. The topological polar surface area (TPSA) is 78.9 Å². The van der Waals surface area contributed by atoms with Gasteiger partial charge in [-0.2, -0.15) is 0 Å². The molecule has 1 atom stereocenters. The van der Waals surface area contributed by atoms with Gasteiger partial charge in [-0.15, -0.1) is 0 Å². The number of carbonyl (C=O) groups is 3. The normalized spacial score (nSPS) is 13.2. The number of allylic oxidation sites excluding steroid dienone is 23. The molecule has 0 N–H and O–H groups in total. The molecular weight excluding hydrogens is 901 g/mol. The first kappa shape index (κ1) is 68.3. The van der Waals surface area contributed by atoms with E-state index in [1.165, 1.54) is 70.6 Å². The van der Waals surface area contributed by atoms with Gasteiger partial charge in [-0.25, -0.2) is 0 Å². The molecule has 0 amide bonds. The molecule has 0 aliphatic heterocycles. The van der Waals surface area contributed by atoms with Crippen molar-refractivity contribution in [1.29, 1.82) is 0 Å². The van der Waals surface area contributed by atoms with Crippen molar-refractivity contribution in [3.63, 3.8) is 0 Å². The summed E-state index contributed by atoms with van der Waals surface area (Å²) in [6, 6.07) is 0. The molecular formula is C67H106O6. The molecule has 0 saturated carbocycles. The second-order valence-corrected chi connectivity index (χ2v) is 18.8. The van der Waals surface area contributed by atoms with Crippen LogP contribution in [0.4, 0.5) is 0 Å². The van der Waals surface area contributed by atoms with E-state index in [0.29, 0.717) is 12.8 Å². The van der Waals surface area contributed by atoms with Crippen LogP contribution >= 0.6 is 0 Å². The molecule has 6 heteroatoms. The van der Waals surface area contributed by atoms with E-state index < -0.39 is 12.1 Å². The fraction of sp³-hybridized carbons (Fsp3) is 0.597. The maximum atomic E-state index is 12.9. The minimum atomic E-state index is -0.836. The molecule has 0 aromatic rings. The van der Waals surface area contributed by atoms with Gasteiger partial charge < -0.3 is 14.2 Å². The number of rotatable bonds is 51. The molecule has 1 unspecified atom stereocenters. The van der Waals surface area contributed by atoms with E-state index in [1.54, 1.807) is 6.08 Å². The van der Waals surface area contributed by atoms with Crippen molar-refractivity contribution in [2.75, 3.05) is 13.2 Å². The van der Waals surface area contributed by atoms with Gasteiger partial charge in [0.1, 0.15) is 13.2 Å². The predicted molar refractivity (Wildman–Crippen MR) is 315 cm³/mol. The smallest absolute Gasteiger partial charge is 0.309 e. The Bertz CT molecular complexity index is 1630. The summed E-state index contributed by atoms with van der Waals surface area (Å²) in [4.78, 5) is 38.2. The minimum absolute atomic E-state index is 0.116. The van der Waals surface area contributed by atoms with Gasteiger partial charge in [-0.1, -0.05) is 244 Å². The van der Waals surface area contributed by atoms with Crippen LogP contribution in [0.15, 0.2) is 146 Å². The van der Waals surface area contributed by atoms with E-state index in [-0.39, 0.29) is 31.6 Å². The Morgan fingerprint density at radius 3 is 0.959 bits per heavy atom. The van der Waals surface area contributed by atoms with Crippen LogP contribution in [0.25, 0.3) is 0 Å². The third-order valence-electron chi connectivity index (χ3n) is 11.8. The van der Waals surface area contributed by atoms with Gasteiger partial charge in [0.05, 0.1) is 6.42 Å². The fourth-order valence-corrected chi connectivity index (χ4v) is 7.51. The standard InChI is InChI=1S/C67H106O6/c1-4-7-10-13-16-19-22-25-28-30-32-33-35-36-39-42-45-48-51-54-57-60-66(69)72-63-64(62-71-65(68)59-56-53-50-47-44-41-38-27-24-21-18-15-12-9-6-3)73-67(70)61-58-55-52-49-46-43-40-37-34-31-29-26-23-20-17-14-11-8-5-2/h7,9-10,12,16-21,25-29,32-33,36,38-39,44,47,53,56,64H,4-6,8,11,13-15,22-24,30-31,34-35,37,40-43,45-46,48-52,54-55,57-63H2,1-3H3/b10-7-,12-9-,19-16-,20-17-,21-18-,28-25-,29-26-,33-32-,38-27-,39-36-,47-44-,56-53-. The average molecular weight is 1010 g/mol. The predicted octanol–water partition coefficient (Wildman–Crippen LogP) is 20.0. The van der Waals surface area contributed by atoms with Crippen molar-refractivity contribution in [2.24, 2.45) is 0 Å². The van der Waals surface area contributed by atoms with E-state index in [1.807, 2.05) is 6.08 Å². The zero-order chi connectivity index (χ0) is 52.9. The van der Waals surface area contributed by atoms with Crippen LogP contribution in [0.3, 0.4) is 0 Å². The summed E-state index contributed by atoms with van der Waals surface area (Å²) in [5, 5.41) is 0. The van der Waals surface area contributed by atoms with Gasteiger partial charge in [0.15, 0.2) is 6.10 Å². The maximum absolute atomic E-state index is 12.9. The number of hydrogen-bond donors (Lipinski definition) is 0. The van der Waals surface area contributed by atoms with Crippen molar-refractivity contribution >= 4 is 17.9 Å². The summed E-state index contributed by atoms with van der Waals surface area (Å²) in [6.45, 7) is 6.27. The first-order valence-corrected chi connectivity index (χ1v) is 29.3. The number of carbonyl (C=O) groups excluding carboxylic acids is 3. The van der Waals surface area contributed by atoms with E-state index in [9.17, 15) is 14.4 Å². The summed E-state index contributed by atoms with van der Waals surface area (Å²) in [5.41, 5.74) is 0. The molecule has 73 heavy (non-hydrogen) atoms. The zero-order valence-electron chi connectivity index (χ0n) is 46.8. The summed E-state index contributed by atoms with van der Waals surface area (Å²) in [5.74, 6) is -1.08. The van der Waals surface area contributed by atoms with E-state index in [2.05, 4.69) is 154 Å². The molecule has 0 aromatic heterocycles. The Labute approximate surface area is 448 Å². The van der Waals surface area contributed by atoms with Gasteiger partial charge >= 0.3 is 17.9 Å². The average Bonchev–Trinajstić information content (AvgIpc) is 3.39. The second-order valence-electron chi connectivity index (χ2n) is 18.8. The Hall–Kier alpha value is -4.71. The van der Waals surface area contributed by atoms with Crippen molar-refractivity contribution in [3.05, 3.63) is 146 Å². The SMILES string of the molecule is CC/C=C\C/C=C\C/C=C\C/C=C\C/C=C\CCCCCCCC(=O)OCC(COC(=O)C/C=C\C/C=C\C/C=C\C/C=C\C/C=C\CC)OC(=O)CCCCCCCCCCC/C=C\C/C=C\CCCCC. The first-order chi connectivity index (χ1) is 36.0. The molecule has 0 rings (SSSR count). The van der Waals surface area contributed by atoms with Crippen LogP contribution in [-0.4, -0.2) is 37.2 Å². The third kappa shape index (κ3) is 58.1. The molecule has 0 aromatic carbocycles. The van der Waals surface area contributed by atoms with Crippen molar-refractivity contribution in [1.82, 2.24) is 0 Å². The molecule has 6 nitrogen and oxygen atoms in total. The molecule has 0 fully saturated rings. The summed E-state index contributed by atoms with van der Waals surface area (Å²) < 4.78 is 16.8. The summed E-state index contributed by atoms with van der Waals surface area (Å²) >= 11 is 0. The molecule has 0 aliphatic carbocycles. The largest absolute Gasteiger partial charge is 0.462 e. The highest BCUT2D eigenvalue weighted by Gasteiger charge is 2.19. The van der Waals surface area contributed by atoms with Crippen LogP contribution in [0.1, 0.15) is 239 Å². The van der Waals surface area contributed by atoms with E-state index >= 15 is 0 Å². The van der Waals surface area contributed by atoms with Crippen LogP contribution in [0.2, 0.25) is 0 Å². The van der Waals surface area contributed by atoms with Crippen molar-refractivity contribution < 1.29 is 28.6 Å². The molecule has 0 bridgehead atoms. The maximum Gasteiger partial charge on any atom is 0.309 e. The first-order valence-electron chi connectivity index (χ1n) is 29.3. The molecule has 0 heterocycles. The fourth-order valence-electron chi connectivity index (χ4n) is 7.51. The molecule has 0 spiro atoms. The summed E-state index contributed by atoms with van der Waals surface area (Å²) in [7, 11) is 0. The highest BCUT2D eigenvalue weighted by atomic mass is 16.6. The van der Waals surface area contributed by atoms with E-state index in [4.69, 9.17) is 14.2 Å².